The Balaban J connectivity index is 1.64. The van der Waals surface area contributed by atoms with Gasteiger partial charge in [0.1, 0.15) is 17.4 Å². The summed E-state index contributed by atoms with van der Waals surface area (Å²) in [6.07, 6.45) is -0.286. The van der Waals surface area contributed by atoms with Crippen molar-refractivity contribution in [2.45, 2.75) is 18.7 Å². The number of benzene rings is 3. The number of fused-ring (bicyclic) bond motifs is 3. The molecule has 0 aromatic heterocycles. The molecule has 0 saturated carbocycles. The number of hydrazone groups is 1. The average Bonchev–Trinajstić information content (AvgIpc) is 3.14. The van der Waals surface area contributed by atoms with Crippen molar-refractivity contribution in [3.63, 3.8) is 0 Å². The molecule has 146 valence electrons. The number of halogens is 4. The molecule has 2 atom stereocenters. The van der Waals surface area contributed by atoms with Gasteiger partial charge in [-0.15, -0.1) is 0 Å². The Hall–Kier alpha value is -2.63. The van der Waals surface area contributed by atoms with Crippen LogP contribution in [0.4, 0.5) is 8.78 Å². The number of rotatable bonds is 2. The van der Waals surface area contributed by atoms with Crippen LogP contribution in [0.5, 0.6) is 5.75 Å². The summed E-state index contributed by atoms with van der Waals surface area (Å²) in [5.41, 5.74) is 2.64. The zero-order chi connectivity index (χ0) is 20.1. The molecule has 0 amide bonds. The van der Waals surface area contributed by atoms with Crippen LogP contribution in [-0.4, -0.2) is 10.7 Å². The Morgan fingerprint density at radius 1 is 1.00 bits per heavy atom. The first-order valence-corrected chi connectivity index (χ1v) is 9.78. The molecule has 29 heavy (non-hydrogen) atoms. The van der Waals surface area contributed by atoms with Crippen LogP contribution in [-0.2, 0) is 0 Å². The Labute approximate surface area is 176 Å². The van der Waals surface area contributed by atoms with E-state index in [1.165, 1.54) is 18.2 Å². The van der Waals surface area contributed by atoms with Gasteiger partial charge in [-0.2, -0.15) is 5.10 Å². The minimum atomic E-state index is -0.833. The third-order valence-electron chi connectivity index (χ3n) is 5.18. The molecule has 0 N–H and O–H groups in total. The normalized spacial score (nSPS) is 20.0. The summed E-state index contributed by atoms with van der Waals surface area (Å²) in [6, 6.07) is 15.8. The highest BCUT2D eigenvalue weighted by atomic mass is 35.5. The van der Waals surface area contributed by atoms with E-state index >= 15 is 0 Å². The van der Waals surface area contributed by atoms with Gasteiger partial charge in [0.25, 0.3) is 0 Å². The van der Waals surface area contributed by atoms with E-state index in [9.17, 15) is 8.78 Å². The van der Waals surface area contributed by atoms with Gasteiger partial charge in [-0.05, 0) is 48.0 Å². The summed E-state index contributed by atoms with van der Waals surface area (Å²) in [4.78, 5) is 0. The second kappa shape index (κ2) is 7.01. The smallest absolute Gasteiger partial charge is 0.218 e. The predicted octanol–water partition coefficient (Wildman–Crippen LogP) is 6.51. The van der Waals surface area contributed by atoms with E-state index in [4.69, 9.17) is 33.0 Å². The molecule has 3 aromatic carbocycles. The zero-order valence-electron chi connectivity index (χ0n) is 14.9. The number of hydrogen-bond donors (Lipinski definition) is 0. The van der Waals surface area contributed by atoms with Crippen LogP contribution in [0.25, 0.3) is 0 Å². The third-order valence-corrected chi connectivity index (χ3v) is 5.74. The topological polar surface area (TPSA) is 24.8 Å². The minimum absolute atomic E-state index is 0.210. The fourth-order valence-electron chi connectivity index (χ4n) is 3.81. The van der Waals surface area contributed by atoms with E-state index in [2.05, 4.69) is 0 Å². The standard InChI is InChI=1S/C22H14Cl2F2N2O/c23-13-6-9-20-15(10-13)19-11-18(12-4-7-14(25)8-5-12)27-28(19)22(29-20)21-16(24)2-1-3-17(21)26/h1-10,19,22H,11H2/t19-,22-/m0/s1. The quantitative estimate of drug-likeness (QED) is 0.462. The Bertz CT molecular complexity index is 1110. The highest BCUT2D eigenvalue weighted by Crippen LogP contribution is 2.49. The van der Waals surface area contributed by atoms with Crippen LogP contribution < -0.4 is 4.74 Å². The van der Waals surface area contributed by atoms with Crippen LogP contribution >= 0.6 is 23.2 Å². The summed E-state index contributed by atoms with van der Waals surface area (Å²) in [5, 5.41) is 7.26. The number of nitrogens with zero attached hydrogens (tertiary/aromatic N) is 2. The van der Waals surface area contributed by atoms with Crippen molar-refractivity contribution in [2.75, 3.05) is 0 Å². The minimum Gasteiger partial charge on any atom is -0.464 e. The molecule has 0 fully saturated rings. The second-order valence-corrected chi connectivity index (χ2v) is 7.78. The van der Waals surface area contributed by atoms with Gasteiger partial charge in [-0.1, -0.05) is 41.4 Å². The molecule has 0 saturated heterocycles. The van der Waals surface area contributed by atoms with Gasteiger partial charge in [-0.3, -0.25) is 0 Å². The van der Waals surface area contributed by atoms with Crippen molar-refractivity contribution in [3.8, 4) is 5.75 Å². The molecule has 0 spiro atoms. The van der Waals surface area contributed by atoms with Gasteiger partial charge in [0.05, 0.1) is 22.3 Å². The van der Waals surface area contributed by atoms with Crippen LogP contribution in [0.15, 0.2) is 65.8 Å². The molecular formula is C22H14Cl2F2N2O. The fourth-order valence-corrected chi connectivity index (χ4v) is 4.25. The molecule has 7 heteroatoms. The van der Waals surface area contributed by atoms with Crippen LogP contribution in [0.1, 0.15) is 35.4 Å². The average molecular weight is 431 g/mol. The summed E-state index contributed by atoms with van der Waals surface area (Å²) >= 11 is 12.5. The van der Waals surface area contributed by atoms with Crippen LogP contribution in [0.3, 0.4) is 0 Å². The molecular weight excluding hydrogens is 417 g/mol. The summed E-state index contributed by atoms with van der Waals surface area (Å²) in [5.74, 6) is -0.179. The molecule has 0 bridgehead atoms. The lowest BCUT2D eigenvalue weighted by Gasteiger charge is -2.38. The Morgan fingerprint density at radius 3 is 2.55 bits per heavy atom. The third kappa shape index (κ3) is 3.15. The van der Waals surface area contributed by atoms with E-state index in [1.807, 2.05) is 6.07 Å². The van der Waals surface area contributed by atoms with Gasteiger partial charge >= 0.3 is 0 Å². The van der Waals surface area contributed by atoms with E-state index in [0.717, 1.165) is 16.8 Å². The Morgan fingerprint density at radius 2 is 1.79 bits per heavy atom. The molecule has 0 unspecified atom stereocenters. The Kier molecular flexibility index (Phi) is 4.45. The van der Waals surface area contributed by atoms with E-state index in [1.54, 1.807) is 41.4 Å². The van der Waals surface area contributed by atoms with Crippen molar-refractivity contribution >= 4 is 28.9 Å². The van der Waals surface area contributed by atoms with E-state index < -0.39 is 12.0 Å². The molecule has 0 radical (unpaired) electrons. The monoisotopic (exact) mass is 430 g/mol. The predicted molar refractivity (Wildman–Crippen MR) is 108 cm³/mol. The van der Waals surface area contributed by atoms with Crippen molar-refractivity contribution < 1.29 is 13.5 Å². The van der Waals surface area contributed by atoms with Gasteiger partial charge in [-0.25, -0.2) is 13.8 Å². The molecule has 2 aliphatic rings. The first kappa shape index (κ1) is 18.4. The van der Waals surface area contributed by atoms with Crippen molar-refractivity contribution in [1.82, 2.24) is 5.01 Å². The highest BCUT2D eigenvalue weighted by molar-refractivity contribution is 6.31. The molecule has 0 aliphatic carbocycles. The van der Waals surface area contributed by atoms with Crippen LogP contribution in [0.2, 0.25) is 10.0 Å². The van der Waals surface area contributed by atoms with Crippen LogP contribution in [0, 0.1) is 11.6 Å². The maximum atomic E-state index is 14.7. The van der Waals surface area contributed by atoms with Gasteiger partial charge < -0.3 is 4.74 Å². The van der Waals surface area contributed by atoms with Gasteiger partial charge in [0, 0.05) is 17.0 Å². The lowest BCUT2D eigenvalue weighted by Crippen LogP contribution is -2.34. The summed E-state index contributed by atoms with van der Waals surface area (Å²) in [7, 11) is 0. The second-order valence-electron chi connectivity index (χ2n) is 6.94. The summed E-state index contributed by atoms with van der Waals surface area (Å²) < 4.78 is 34.2. The highest BCUT2D eigenvalue weighted by Gasteiger charge is 2.42. The fraction of sp³-hybridized carbons (Fsp3) is 0.136. The van der Waals surface area contributed by atoms with E-state index in [0.29, 0.717) is 17.2 Å². The summed E-state index contributed by atoms with van der Waals surface area (Å²) in [6.45, 7) is 0. The molecule has 2 aliphatic heterocycles. The lowest BCUT2D eigenvalue weighted by molar-refractivity contribution is -0.0211. The molecule has 3 aromatic rings. The largest absolute Gasteiger partial charge is 0.464 e. The van der Waals surface area contributed by atoms with E-state index in [-0.39, 0.29) is 22.4 Å². The van der Waals surface area contributed by atoms with Crippen molar-refractivity contribution in [3.05, 3.63) is 99.0 Å². The van der Waals surface area contributed by atoms with Gasteiger partial charge in [0.2, 0.25) is 6.23 Å². The number of hydrogen-bond acceptors (Lipinski definition) is 3. The molecule has 5 rings (SSSR count). The first-order valence-electron chi connectivity index (χ1n) is 9.03. The lowest BCUT2D eigenvalue weighted by atomic mass is 9.96. The molecule has 3 nitrogen and oxygen atoms in total. The van der Waals surface area contributed by atoms with Gasteiger partial charge in [0.15, 0.2) is 0 Å². The van der Waals surface area contributed by atoms with Crippen molar-refractivity contribution in [2.24, 2.45) is 5.10 Å². The van der Waals surface area contributed by atoms with Crippen molar-refractivity contribution in [1.29, 1.82) is 0 Å². The number of ether oxygens (including phenoxy) is 1. The first-order chi connectivity index (χ1) is 14.0. The zero-order valence-corrected chi connectivity index (χ0v) is 16.5. The SMILES string of the molecule is Fc1ccc(C2=NN3[C@@H](C2)c2cc(Cl)ccc2O[C@H]3c2c(F)cccc2Cl)cc1. The maximum Gasteiger partial charge on any atom is 0.218 e. The molecule has 2 heterocycles. The maximum absolute atomic E-state index is 14.7.